The van der Waals surface area contributed by atoms with E-state index in [1.807, 2.05) is 13.0 Å². The van der Waals surface area contributed by atoms with Crippen molar-refractivity contribution in [2.75, 3.05) is 18.4 Å². The number of likely N-dealkylation sites (tertiary alicyclic amines) is 1. The molecule has 2 aromatic rings. The minimum atomic E-state index is -0.506. The molecule has 0 spiro atoms. The van der Waals surface area contributed by atoms with Gasteiger partial charge >= 0.3 is 0 Å². The van der Waals surface area contributed by atoms with E-state index in [0.717, 1.165) is 42.4 Å². The highest BCUT2D eigenvalue weighted by Gasteiger charge is 2.33. The van der Waals surface area contributed by atoms with E-state index in [-0.39, 0.29) is 36.2 Å². The minimum Gasteiger partial charge on any atom is -0.351 e. The van der Waals surface area contributed by atoms with Crippen molar-refractivity contribution in [3.05, 3.63) is 63.1 Å². The van der Waals surface area contributed by atoms with Crippen LogP contribution < -0.4 is 16.2 Å². The number of nitrogens with zero attached hydrogens (tertiary/aromatic N) is 2. The maximum absolute atomic E-state index is 12.5. The first-order valence-electron chi connectivity index (χ1n) is 11.2. The summed E-state index contributed by atoms with van der Waals surface area (Å²) in [6.45, 7) is 5.56. The third-order valence-corrected chi connectivity index (χ3v) is 7.04. The van der Waals surface area contributed by atoms with Gasteiger partial charge in [0, 0.05) is 48.6 Å². The lowest BCUT2D eigenvalue weighted by atomic mass is 10.1. The first kappa shape index (κ1) is 23.7. The molecule has 1 aromatic carbocycles. The maximum atomic E-state index is 12.5. The van der Waals surface area contributed by atoms with Gasteiger partial charge in [-0.3, -0.25) is 19.2 Å². The SMILES string of the molecule is Cc1cc(C)c(CNC(=O)c2ccc(NC(=O)C[C@H]3SC(N4CCCC4)=NC3=O)cc2)c(=O)[nH]1. The van der Waals surface area contributed by atoms with Gasteiger partial charge in [-0.05, 0) is 62.6 Å². The second-order valence-corrected chi connectivity index (χ2v) is 9.66. The molecular weight excluding hydrogens is 454 g/mol. The molecule has 3 N–H and O–H groups in total. The van der Waals surface area contributed by atoms with Crippen LogP contribution in [0.2, 0.25) is 0 Å². The largest absolute Gasteiger partial charge is 0.351 e. The number of amidine groups is 1. The Bertz CT molecular complexity index is 1200. The molecule has 10 heteroatoms. The third kappa shape index (κ3) is 5.56. The van der Waals surface area contributed by atoms with Crippen molar-refractivity contribution in [2.45, 2.75) is 44.9 Å². The molecule has 1 fully saturated rings. The van der Waals surface area contributed by atoms with Crippen LogP contribution in [0.1, 0.15) is 46.4 Å². The van der Waals surface area contributed by atoms with Gasteiger partial charge in [0.25, 0.3) is 17.4 Å². The molecule has 1 atom stereocenters. The Hall–Kier alpha value is -3.40. The number of hydrogen-bond donors (Lipinski definition) is 3. The van der Waals surface area contributed by atoms with Crippen LogP contribution in [-0.4, -0.2) is 51.1 Å². The van der Waals surface area contributed by atoms with Gasteiger partial charge < -0.3 is 20.5 Å². The van der Waals surface area contributed by atoms with E-state index in [4.69, 9.17) is 0 Å². The normalized spacial score (nSPS) is 17.6. The summed E-state index contributed by atoms with van der Waals surface area (Å²) in [5, 5.41) is 5.74. The van der Waals surface area contributed by atoms with E-state index >= 15 is 0 Å². The zero-order chi connectivity index (χ0) is 24.2. The summed E-state index contributed by atoms with van der Waals surface area (Å²) in [6, 6.07) is 8.32. The third-order valence-electron chi connectivity index (χ3n) is 5.83. The fourth-order valence-corrected chi connectivity index (χ4v) is 5.13. The van der Waals surface area contributed by atoms with Crippen LogP contribution in [-0.2, 0) is 16.1 Å². The number of carbonyl (C=O) groups excluding carboxylic acids is 3. The van der Waals surface area contributed by atoms with Gasteiger partial charge in [-0.2, -0.15) is 4.99 Å². The maximum Gasteiger partial charge on any atom is 0.262 e. The van der Waals surface area contributed by atoms with Crippen molar-refractivity contribution in [3.8, 4) is 0 Å². The van der Waals surface area contributed by atoms with Gasteiger partial charge in [0.2, 0.25) is 5.91 Å². The zero-order valence-corrected chi connectivity index (χ0v) is 20.0. The number of benzene rings is 1. The van der Waals surface area contributed by atoms with Gasteiger partial charge in [-0.15, -0.1) is 0 Å². The van der Waals surface area contributed by atoms with Crippen LogP contribution >= 0.6 is 11.8 Å². The molecule has 0 aliphatic carbocycles. The summed E-state index contributed by atoms with van der Waals surface area (Å²) in [4.78, 5) is 58.2. The molecule has 1 saturated heterocycles. The molecular formula is C24H27N5O4S. The van der Waals surface area contributed by atoms with Crippen molar-refractivity contribution >= 4 is 40.3 Å². The van der Waals surface area contributed by atoms with E-state index in [1.165, 1.54) is 11.8 Å². The van der Waals surface area contributed by atoms with Crippen LogP contribution in [0, 0.1) is 13.8 Å². The number of thioether (sulfide) groups is 1. The van der Waals surface area contributed by atoms with Crippen LogP contribution in [0.3, 0.4) is 0 Å². The van der Waals surface area contributed by atoms with Crippen molar-refractivity contribution in [1.29, 1.82) is 0 Å². The average molecular weight is 482 g/mol. The number of aromatic amines is 1. The highest BCUT2D eigenvalue weighted by atomic mass is 32.2. The number of rotatable bonds is 6. The first-order chi connectivity index (χ1) is 16.3. The Kier molecular flexibility index (Phi) is 7.16. The number of H-pyrrole nitrogens is 1. The van der Waals surface area contributed by atoms with Gasteiger partial charge in [-0.25, -0.2) is 0 Å². The number of aliphatic imine (C=N–C) groups is 1. The summed E-state index contributed by atoms with van der Waals surface area (Å²) >= 11 is 1.36. The summed E-state index contributed by atoms with van der Waals surface area (Å²) in [6.07, 6.45) is 2.23. The Morgan fingerprint density at radius 2 is 1.85 bits per heavy atom. The Balaban J connectivity index is 1.28. The van der Waals surface area contributed by atoms with Crippen LogP contribution in [0.5, 0.6) is 0 Å². The van der Waals surface area contributed by atoms with Gasteiger partial charge in [0.15, 0.2) is 5.17 Å². The number of aryl methyl sites for hydroxylation is 2. The van der Waals surface area contributed by atoms with Gasteiger partial charge in [0.1, 0.15) is 5.25 Å². The highest BCUT2D eigenvalue weighted by Crippen LogP contribution is 2.29. The number of pyridine rings is 1. The lowest BCUT2D eigenvalue weighted by molar-refractivity contribution is -0.121. The fraction of sp³-hybridized carbons (Fsp3) is 0.375. The second kappa shape index (κ2) is 10.3. The van der Waals surface area contributed by atoms with Crippen molar-refractivity contribution in [1.82, 2.24) is 15.2 Å². The lowest BCUT2D eigenvalue weighted by Crippen LogP contribution is -2.28. The summed E-state index contributed by atoms with van der Waals surface area (Å²) in [7, 11) is 0. The number of nitrogens with one attached hydrogen (secondary N) is 3. The van der Waals surface area contributed by atoms with Crippen LogP contribution in [0.25, 0.3) is 0 Å². The summed E-state index contributed by atoms with van der Waals surface area (Å²) in [5.74, 6) is -0.872. The predicted octanol–water partition coefficient (Wildman–Crippen LogP) is 2.34. The number of anilines is 1. The Morgan fingerprint density at radius 1 is 1.15 bits per heavy atom. The van der Waals surface area contributed by atoms with E-state index in [1.54, 1.807) is 31.2 Å². The molecule has 2 aliphatic rings. The van der Waals surface area contributed by atoms with Crippen LogP contribution in [0.15, 0.2) is 40.1 Å². The molecule has 178 valence electrons. The van der Waals surface area contributed by atoms with E-state index in [0.29, 0.717) is 16.8 Å². The zero-order valence-electron chi connectivity index (χ0n) is 19.1. The number of amides is 3. The van der Waals surface area contributed by atoms with E-state index in [9.17, 15) is 19.2 Å². The molecule has 34 heavy (non-hydrogen) atoms. The molecule has 0 saturated carbocycles. The Labute approximate surface area is 201 Å². The summed E-state index contributed by atoms with van der Waals surface area (Å²) in [5.41, 5.74) is 2.82. The topological polar surface area (TPSA) is 124 Å². The van der Waals surface area contributed by atoms with Crippen LogP contribution in [0.4, 0.5) is 5.69 Å². The standard InChI is InChI=1S/C24H27N5O4S/c1-14-11-15(2)26-22(32)18(14)13-25-21(31)16-5-7-17(8-6-16)27-20(30)12-19-23(33)28-24(34-19)29-9-3-4-10-29/h5-8,11,19H,3-4,9-10,12-13H2,1-2H3,(H,25,31)(H,26,32)(H,27,30)/t19-/m1/s1. The number of hydrogen-bond acceptors (Lipinski definition) is 6. The highest BCUT2D eigenvalue weighted by molar-refractivity contribution is 8.15. The predicted molar refractivity (Wildman–Crippen MR) is 132 cm³/mol. The number of carbonyl (C=O) groups is 3. The quantitative estimate of drug-likeness (QED) is 0.582. The minimum absolute atomic E-state index is 0.0387. The molecule has 3 heterocycles. The van der Waals surface area contributed by atoms with Crippen molar-refractivity contribution in [3.63, 3.8) is 0 Å². The lowest BCUT2D eigenvalue weighted by Gasteiger charge is -2.16. The monoisotopic (exact) mass is 481 g/mol. The van der Waals surface area contributed by atoms with Crippen molar-refractivity contribution in [2.24, 2.45) is 4.99 Å². The molecule has 4 rings (SSSR count). The smallest absolute Gasteiger partial charge is 0.262 e. The molecule has 9 nitrogen and oxygen atoms in total. The average Bonchev–Trinajstić information content (AvgIpc) is 3.43. The number of aromatic nitrogens is 1. The van der Waals surface area contributed by atoms with E-state index in [2.05, 4.69) is 25.5 Å². The van der Waals surface area contributed by atoms with Crippen molar-refractivity contribution < 1.29 is 14.4 Å². The molecule has 0 radical (unpaired) electrons. The molecule has 1 aromatic heterocycles. The molecule has 0 bridgehead atoms. The Morgan fingerprint density at radius 3 is 2.53 bits per heavy atom. The van der Waals surface area contributed by atoms with E-state index < -0.39 is 5.25 Å². The van der Waals surface area contributed by atoms with Gasteiger partial charge in [0.05, 0.1) is 0 Å². The second-order valence-electron chi connectivity index (χ2n) is 8.49. The molecule has 3 amide bonds. The first-order valence-corrected chi connectivity index (χ1v) is 12.1. The van der Waals surface area contributed by atoms with Gasteiger partial charge in [-0.1, -0.05) is 11.8 Å². The summed E-state index contributed by atoms with van der Waals surface area (Å²) < 4.78 is 0. The fourth-order valence-electron chi connectivity index (χ4n) is 4.01. The molecule has 2 aliphatic heterocycles. The molecule has 0 unspecified atom stereocenters.